The summed E-state index contributed by atoms with van der Waals surface area (Å²) in [7, 11) is 0. The normalized spacial score (nSPS) is 21.6. The summed E-state index contributed by atoms with van der Waals surface area (Å²) >= 11 is 1.82. The summed E-state index contributed by atoms with van der Waals surface area (Å²) in [6.45, 7) is 1.06. The molecule has 0 atom stereocenters. The largest absolute Gasteiger partial charge is 0.390 e. The molecule has 0 aromatic carbocycles. The summed E-state index contributed by atoms with van der Waals surface area (Å²) in [4.78, 5) is 5.68. The van der Waals surface area contributed by atoms with E-state index in [1.165, 1.54) is 10.6 Å². The van der Waals surface area contributed by atoms with E-state index in [-0.39, 0.29) is 12.4 Å². The number of thioether (sulfide) groups is 1. The number of aliphatic imine (C=N–C) groups is 1. The lowest BCUT2D eigenvalue weighted by molar-refractivity contribution is 0.854. The van der Waals surface area contributed by atoms with Gasteiger partial charge in [0.1, 0.15) is 0 Å². The van der Waals surface area contributed by atoms with Crippen molar-refractivity contribution in [3.63, 3.8) is 0 Å². The third kappa shape index (κ3) is 1.30. The molecule has 0 saturated carbocycles. The third-order valence-corrected chi connectivity index (χ3v) is 2.42. The number of hydrogen-bond donors (Lipinski definition) is 1. The maximum absolute atomic E-state index is 4.33. The molecule has 0 fully saturated rings. The lowest BCUT2D eigenvalue weighted by Gasteiger charge is -2.09. The average Bonchev–Trinajstić information content (AvgIpc) is 2.33. The number of hydrogen-bond acceptors (Lipinski definition) is 3. The first-order valence-corrected chi connectivity index (χ1v) is 4.05. The van der Waals surface area contributed by atoms with Gasteiger partial charge in [0.05, 0.1) is 11.6 Å². The van der Waals surface area contributed by atoms with Gasteiger partial charge in [-0.15, -0.1) is 12.4 Å². The Morgan fingerprint density at radius 2 is 2.50 bits per heavy atom. The first-order chi connectivity index (χ1) is 4.47. The van der Waals surface area contributed by atoms with Gasteiger partial charge in [-0.25, -0.2) is 0 Å². The Labute approximate surface area is 70.6 Å². The van der Waals surface area contributed by atoms with Crippen LogP contribution in [0.25, 0.3) is 0 Å². The van der Waals surface area contributed by atoms with Crippen molar-refractivity contribution in [3.05, 3.63) is 11.1 Å². The lowest BCUT2D eigenvalue weighted by Crippen LogP contribution is -2.18. The van der Waals surface area contributed by atoms with E-state index in [4.69, 9.17) is 0 Å². The van der Waals surface area contributed by atoms with E-state index in [0.29, 0.717) is 0 Å². The lowest BCUT2D eigenvalue weighted by atomic mass is 10.2. The summed E-state index contributed by atoms with van der Waals surface area (Å²) in [6, 6.07) is 0. The summed E-state index contributed by atoms with van der Waals surface area (Å²) < 4.78 is 0. The van der Waals surface area contributed by atoms with Gasteiger partial charge in [-0.3, -0.25) is 4.99 Å². The Hall–Kier alpha value is -0.150. The molecule has 4 heteroatoms. The zero-order chi connectivity index (χ0) is 6.10. The fourth-order valence-electron chi connectivity index (χ4n) is 1.02. The molecule has 0 aromatic rings. The minimum absolute atomic E-state index is 0. The van der Waals surface area contributed by atoms with Crippen LogP contribution in [-0.4, -0.2) is 18.1 Å². The van der Waals surface area contributed by atoms with Crippen LogP contribution in [0.15, 0.2) is 16.1 Å². The predicted octanol–water partition coefficient (Wildman–Crippen LogP) is 1.39. The van der Waals surface area contributed by atoms with E-state index in [9.17, 15) is 0 Å². The molecule has 2 nitrogen and oxygen atoms in total. The standard InChI is InChI=1S/C6H8N2S.ClH/c1-2-7-3-6-5(1)8-4-9-6;/h3,7H,1-2,4H2;1H. The van der Waals surface area contributed by atoms with Crippen molar-refractivity contribution in [1.82, 2.24) is 5.32 Å². The summed E-state index contributed by atoms with van der Waals surface area (Å²) in [5, 5.41) is 3.19. The van der Waals surface area contributed by atoms with Crippen molar-refractivity contribution in [1.29, 1.82) is 0 Å². The summed E-state index contributed by atoms with van der Waals surface area (Å²) in [6.07, 6.45) is 3.18. The molecule has 1 N–H and O–H groups in total. The summed E-state index contributed by atoms with van der Waals surface area (Å²) in [5.74, 6) is 0.933. The molecule has 2 aliphatic heterocycles. The Morgan fingerprint density at radius 3 is 3.30 bits per heavy atom. The van der Waals surface area contributed by atoms with Gasteiger partial charge in [0.2, 0.25) is 0 Å². The highest BCUT2D eigenvalue weighted by molar-refractivity contribution is 8.04. The first-order valence-electron chi connectivity index (χ1n) is 3.07. The van der Waals surface area contributed by atoms with Gasteiger partial charge < -0.3 is 5.32 Å². The van der Waals surface area contributed by atoms with E-state index < -0.39 is 0 Å². The van der Waals surface area contributed by atoms with Crippen LogP contribution in [0.5, 0.6) is 0 Å². The van der Waals surface area contributed by atoms with Crippen molar-refractivity contribution in [2.24, 2.45) is 4.99 Å². The zero-order valence-electron chi connectivity index (χ0n) is 5.46. The number of allylic oxidation sites excluding steroid dienone is 1. The molecule has 0 spiro atoms. The predicted molar refractivity (Wildman–Crippen MR) is 47.8 cm³/mol. The topological polar surface area (TPSA) is 24.4 Å². The highest BCUT2D eigenvalue weighted by Crippen LogP contribution is 2.26. The molecule has 0 aliphatic carbocycles. The third-order valence-electron chi connectivity index (χ3n) is 1.50. The average molecular weight is 177 g/mol. The van der Waals surface area contributed by atoms with Crippen LogP contribution in [0.1, 0.15) is 6.42 Å². The van der Waals surface area contributed by atoms with Gasteiger partial charge in [-0.1, -0.05) is 11.8 Å². The van der Waals surface area contributed by atoms with Crippen molar-refractivity contribution >= 4 is 29.9 Å². The van der Waals surface area contributed by atoms with Gasteiger partial charge in [0.25, 0.3) is 0 Å². The second-order valence-electron chi connectivity index (χ2n) is 2.09. The second-order valence-corrected chi connectivity index (χ2v) is 3.08. The van der Waals surface area contributed by atoms with Gasteiger partial charge in [-0.05, 0) is 0 Å². The van der Waals surface area contributed by atoms with Crippen LogP contribution in [0.4, 0.5) is 0 Å². The zero-order valence-corrected chi connectivity index (χ0v) is 7.10. The van der Waals surface area contributed by atoms with Crippen LogP contribution in [0, 0.1) is 0 Å². The highest BCUT2D eigenvalue weighted by atomic mass is 35.5. The SMILES string of the molecule is C1=C2SCN=C2CCN1.Cl. The number of rotatable bonds is 0. The molecule has 10 heavy (non-hydrogen) atoms. The molecule has 56 valence electrons. The van der Waals surface area contributed by atoms with E-state index >= 15 is 0 Å². The smallest absolute Gasteiger partial charge is 0.0895 e. The van der Waals surface area contributed by atoms with Crippen LogP contribution < -0.4 is 5.32 Å². The minimum atomic E-state index is 0. The summed E-state index contributed by atoms with van der Waals surface area (Å²) in [5.41, 5.74) is 1.30. The van der Waals surface area contributed by atoms with Gasteiger partial charge in [-0.2, -0.15) is 0 Å². The number of halogens is 1. The fraction of sp³-hybridized carbons (Fsp3) is 0.500. The maximum Gasteiger partial charge on any atom is 0.0895 e. The van der Waals surface area contributed by atoms with Crippen LogP contribution >= 0.6 is 24.2 Å². The van der Waals surface area contributed by atoms with Crippen LogP contribution in [-0.2, 0) is 0 Å². The number of fused-ring (bicyclic) bond motifs is 1. The van der Waals surface area contributed by atoms with E-state index in [0.717, 1.165) is 18.8 Å². The Bertz CT molecular complexity index is 188. The number of nitrogens with one attached hydrogen (secondary N) is 1. The molecule has 0 unspecified atom stereocenters. The van der Waals surface area contributed by atoms with Crippen molar-refractivity contribution < 1.29 is 0 Å². The molecule has 2 rings (SSSR count). The van der Waals surface area contributed by atoms with Crippen molar-refractivity contribution in [3.8, 4) is 0 Å². The molecular weight excluding hydrogens is 168 g/mol. The van der Waals surface area contributed by atoms with Crippen molar-refractivity contribution in [2.75, 3.05) is 12.4 Å². The van der Waals surface area contributed by atoms with Crippen LogP contribution in [0.2, 0.25) is 0 Å². The van der Waals surface area contributed by atoms with Gasteiger partial charge in [0, 0.05) is 24.1 Å². The van der Waals surface area contributed by atoms with E-state index in [1.807, 2.05) is 11.8 Å². The van der Waals surface area contributed by atoms with E-state index in [1.54, 1.807) is 0 Å². The minimum Gasteiger partial charge on any atom is -0.390 e. The highest BCUT2D eigenvalue weighted by Gasteiger charge is 2.15. The maximum atomic E-state index is 4.33. The molecule has 0 bridgehead atoms. The van der Waals surface area contributed by atoms with Gasteiger partial charge in [0.15, 0.2) is 0 Å². The molecule has 0 amide bonds. The molecule has 0 saturated heterocycles. The Kier molecular flexibility index (Phi) is 2.63. The Balaban J connectivity index is 0.000000500. The molecule has 2 aliphatic rings. The monoisotopic (exact) mass is 176 g/mol. The van der Waals surface area contributed by atoms with Crippen molar-refractivity contribution in [2.45, 2.75) is 6.42 Å². The fourth-order valence-corrected chi connectivity index (χ4v) is 1.88. The molecule has 0 aromatic heterocycles. The van der Waals surface area contributed by atoms with Gasteiger partial charge >= 0.3 is 0 Å². The quantitative estimate of drug-likeness (QED) is 0.603. The van der Waals surface area contributed by atoms with E-state index in [2.05, 4.69) is 16.5 Å². The van der Waals surface area contributed by atoms with Crippen LogP contribution in [0.3, 0.4) is 0 Å². The first kappa shape index (κ1) is 7.95. The Morgan fingerprint density at radius 1 is 1.60 bits per heavy atom. The number of nitrogens with zero attached hydrogens (tertiary/aromatic N) is 1. The molecule has 2 heterocycles. The second kappa shape index (κ2) is 3.30. The molecule has 0 radical (unpaired) electrons. The molecular formula is C6H9ClN2S.